The maximum absolute atomic E-state index is 11.1. The normalized spacial score (nSPS) is 11.4. The predicted octanol–water partition coefficient (Wildman–Crippen LogP) is 0.223. The molecule has 0 aliphatic carbocycles. The first kappa shape index (κ1) is 13.2. The zero-order valence-corrected chi connectivity index (χ0v) is 9.35. The molecule has 84 valence electrons. The van der Waals surface area contributed by atoms with Gasteiger partial charge in [-0.25, -0.2) is 9.52 Å². The monoisotopic (exact) mass is 224 g/mol. The number of carbonyl (C=O) groups is 1. The molecular formula is C7H16N2O4S. The van der Waals surface area contributed by atoms with E-state index in [1.54, 1.807) is 11.6 Å². The lowest BCUT2D eigenvalue weighted by atomic mass is 10.2. The molecule has 0 rings (SSSR count). The Morgan fingerprint density at radius 3 is 2.43 bits per heavy atom. The van der Waals surface area contributed by atoms with E-state index in [0.717, 1.165) is 0 Å². The van der Waals surface area contributed by atoms with Crippen molar-refractivity contribution in [3.05, 3.63) is 0 Å². The zero-order chi connectivity index (χ0) is 11.2. The Morgan fingerprint density at radius 1 is 1.43 bits per heavy atom. The van der Waals surface area contributed by atoms with Crippen molar-refractivity contribution >= 4 is 16.3 Å². The van der Waals surface area contributed by atoms with Crippen molar-refractivity contribution in [2.45, 2.75) is 20.8 Å². The van der Waals surface area contributed by atoms with E-state index in [1.165, 1.54) is 0 Å². The lowest BCUT2D eigenvalue weighted by molar-refractivity contribution is 0.158. The molecule has 0 fully saturated rings. The second-order valence-corrected chi connectivity index (χ2v) is 4.57. The maximum Gasteiger partial charge on any atom is 0.421 e. The van der Waals surface area contributed by atoms with Gasteiger partial charge in [0, 0.05) is 6.54 Å². The number of nitrogens with one attached hydrogen (secondary N) is 2. The highest BCUT2D eigenvalue weighted by Crippen LogP contribution is 1.89. The van der Waals surface area contributed by atoms with E-state index in [4.69, 9.17) is 0 Å². The quantitative estimate of drug-likeness (QED) is 0.699. The van der Waals surface area contributed by atoms with Gasteiger partial charge < -0.3 is 4.74 Å². The molecule has 0 spiro atoms. The molecule has 0 aliphatic heterocycles. The van der Waals surface area contributed by atoms with E-state index < -0.39 is 16.3 Å². The number of carbonyl (C=O) groups excluding carboxylic acids is 1. The topological polar surface area (TPSA) is 84.5 Å². The van der Waals surface area contributed by atoms with Gasteiger partial charge in [-0.05, 0) is 12.8 Å². The van der Waals surface area contributed by atoms with E-state index in [0.29, 0.717) is 0 Å². The van der Waals surface area contributed by atoms with Crippen molar-refractivity contribution in [1.82, 2.24) is 9.44 Å². The molecule has 0 radical (unpaired) electrons. The van der Waals surface area contributed by atoms with Crippen LogP contribution < -0.4 is 9.44 Å². The molecule has 14 heavy (non-hydrogen) atoms. The molecule has 2 N–H and O–H groups in total. The first-order valence-corrected chi connectivity index (χ1v) is 5.80. The van der Waals surface area contributed by atoms with Crippen LogP contribution in [0.25, 0.3) is 0 Å². The molecule has 0 aromatic heterocycles. The number of hydrogen-bond donors (Lipinski definition) is 2. The van der Waals surface area contributed by atoms with Crippen molar-refractivity contribution in [2.75, 3.05) is 13.2 Å². The summed E-state index contributed by atoms with van der Waals surface area (Å²) in [5.74, 6) is 0.175. The van der Waals surface area contributed by atoms with Gasteiger partial charge in [0.2, 0.25) is 0 Å². The standard InChI is InChI=1S/C7H16N2O4S/c1-4-13-7(10)9-14(11,12)8-5-6(2)3/h6,8H,4-5H2,1-3H3,(H,9,10). The van der Waals surface area contributed by atoms with Crippen molar-refractivity contribution < 1.29 is 17.9 Å². The van der Waals surface area contributed by atoms with Crippen LogP contribution in [-0.2, 0) is 14.9 Å². The lowest BCUT2D eigenvalue weighted by Gasteiger charge is -2.09. The van der Waals surface area contributed by atoms with E-state index in [2.05, 4.69) is 9.46 Å². The van der Waals surface area contributed by atoms with Gasteiger partial charge in [-0.3, -0.25) is 0 Å². The van der Waals surface area contributed by atoms with Crippen LogP contribution in [0.5, 0.6) is 0 Å². The molecule has 0 aromatic carbocycles. The third-order valence-corrected chi connectivity index (χ3v) is 2.16. The van der Waals surface area contributed by atoms with Gasteiger partial charge in [-0.15, -0.1) is 0 Å². The van der Waals surface area contributed by atoms with Crippen LogP contribution in [0.15, 0.2) is 0 Å². The predicted molar refractivity (Wildman–Crippen MR) is 51.9 cm³/mol. The average Bonchev–Trinajstić information content (AvgIpc) is 2.00. The number of amides is 1. The molecular weight excluding hydrogens is 208 g/mol. The maximum atomic E-state index is 11.1. The van der Waals surface area contributed by atoms with Gasteiger partial charge in [0.15, 0.2) is 0 Å². The van der Waals surface area contributed by atoms with Crippen molar-refractivity contribution in [3.63, 3.8) is 0 Å². The van der Waals surface area contributed by atoms with E-state index >= 15 is 0 Å². The van der Waals surface area contributed by atoms with E-state index in [1.807, 2.05) is 13.8 Å². The van der Waals surface area contributed by atoms with Gasteiger partial charge in [0.1, 0.15) is 0 Å². The second-order valence-electron chi connectivity index (χ2n) is 3.07. The van der Waals surface area contributed by atoms with Crippen LogP contribution in [0, 0.1) is 5.92 Å². The highest BCUT2D eigenvalue weighted by Gasteiger charge is 2.14. The third kappa shape index (κ3) is 6.67. The molecule has 0 aromatic rings. The second kappa shape index (κ2) is 5.82. The molecule has 0 saturated heterocycles. The Morgan fingerprint density at radius 2 is 2.00 bits per heavy atom. The van der Waals surface area contributed by atoms with Crippen LogP contribution in [-0.4, -0.2) is 27.7 Å². The first-order chi connectivity index (χ1) is 6.37. The Hall–Kier alpha value is -0.820. The summed E-state index contributed by atoms with van der Waals surface area (Å²) in [6.45, 7) is 5.70. The van der Waals surface area contributed by atoms with Crippen molar-refractivity contribution in [2.24, 2.45) is 5.92 Å². The molecule has 0 heterocycles. The molecule has 7 heteroatoms. The molecule has 0 saturated carbocycles. The molecule has 0 aliphatic rings. The van der Waals surface area contributed by atoms with Crippen LogP contribution in [0.4, 0.5) is 4.79 Å². The summed E-state index contributed by atoms with van der Waals surface area (Å²) in [5, 5.41) is 0. The summed E-state index contributed by atoms with van der Waals surface area (Å²) in [6, 6.07) is 0. The van der Waals surface area contributed by atoms with Crippen LogP contribution in [0.3, 0.4) is 0 Å². The minimum Gasteiger partial charge on any atom is -0.449 e. The van der Waals surface area contributed by atoms with Crippen LogP contribution >= 0.6 is 0 Å². The Labute approximate surface area is 84.2 Å². The summed E-state index contributed by atoms with van der Waals surface area (Å²) in [7, 11) is -3.77. The van der Waals surface area contributed by atoms with E-state index in [9.17, 15) is 13.2 Å². The number of rotatable bonds is 5. The van der Waals surface area contributed by atoms with Crippen LogP contribution in [0.2, 0.25) is 0 Å². The van der Waals surface area contributed by atoms with Gasteiger partial charge >= 0.3 is 16.3 Å². The average molecular weight is 224 g/mol. The minimum atomic E-state index is -3.77. The molecule has 0 atom stereocenters. The van der Waals surface area contributed by atoms with Gasteiger partial charge in [-0.2, -0.15) is 13.1 Å². The summed E-state index contributed by atoms with van der Waals surface area (Å²) in [4.78, 5) is 10.8. The number of ether oxygens (including phenoxy) is 1. The Bertz CT molecular complexity index is 273. The largest absolute Gasteiger partial charge is 0.449 e. The van der Waals surface area contributed by atoms with Gasteiger partial charge in [0.05, 0.1) is 6.61 Å². The van der Waals surface area contributed by atoms with Gasteiger partial charge in [-0.1, -0.05) is 13.8 Å². The van der Waals surface area contributed by atoms with Gasteiger partial charge in [0.25, 0.3) is 0 Å². The molecule has 0 bridgehead atoms. The SMILES string of the molecule is CCOC(=O)NS(=O)(=O)NCC(C)C. The zero-order valence-electron chi connectivity index (χ0n) is 8.53. The molecule has 0 unspecified atom stereocenters. The van der Waals surface area contributed by atoms with E-state index in [-0.39, 0.29) is 19.1 Å². The van der Waals surface area contributed by atoms with Crippen molar-refractivity contribution in [3.8, 4) is 0 Å². The highest BCUT2D eigenvalue weighted by atomic mass is 32.2. The lowest BCUT2D eigenvalue weighted by Crippen LogP contribution is -2.41. The fraction of sp³-hybridized carbons (Fsp3) is 0.857. The fourth-order valence-electron chi connectivity index (χ4n) is 0.583. The first-order valence-electron chi connectivity index (χ1n) is 4.31. The summed E-state index contributed by atoms with van der Waals surface area (Å²) in [5.41, 5.74) is 0. The number of hydrogen-bond acceptors (Lipinski definition) is 4. The minimum absolute atomic E-state index is 0.130. The summed E-state index contributed by atoms with van der Waals surface area (Å²) < 4.78 is 30.5. The molecule has 1 amide bonds. The molecule has 6 nitrogen and oxygen atoms in total. The Balaban J connectivity index is 4.01. The van der Waals surface area contributed by atoms with Crippen molar-refractivity contribution in [1.29, 1.82) is 0 Å². The van der Waals surface area contributed by atoms with Crippen LogP contribution in [0.1, 0.15) is 20.8 Å². The smallest absolute Gasteiger partial charge is 0.421 e. The fourth-order valence-corrected chi connectivity index (χ4v) is 1.49. The highest BCUT2D eigenvalue weighted by molar-refractivity contribution is 7.88. The summed E-state index contributed by atoms with van der Waals surface area (Å²) >= 11 is 0. The Kier molecular flexibility index (Phi) is 5.47. The summed E-state index contributed by atoms with van der Waals surface area (Å²) in [6.07, 6.45) is -0.969. The third-order valence-electron chi connectivity index (χ3n) is 1.17.